The number of carbonyl (C=O) groups excluding carboxylic acids is 1. The minimum Gasteiger partial charge on any atom is -0.291 e. The third-order valence-corrected chi connectivity index (χ3v) is 5.63. The first kappa shape index (κ1) is 20.6. The number of carbonyl (C=O) groups is 1. The van der Waals surface area contributed by atoms with Gasteiger partial charge in [0.05, 0.1) is 5.69 Å². The second kappa shape index (κ2) is 11.8. The van der Waals surface area contributed by atoms with Crippen molar-refractivity contribution in [1.82, 2.24) is 4.98 Å². The van der Waals surface area contributed by atoms with E-state index < -0.39 is 0 Å². The van der Waals surface area contributed by atoms with Gasteiger partial charge in [0.25, 0.3) is 0 Å². The Bertz CT molecular complexity index is 639. The van der Waals surface area contributed by atoms with E-state index in [0.29, 0.717) is 6.42 Å². The van der Waals surface area contributed by atoms with E-state index in [2.05, 4.69) is 11.9 Å². The van der Waals surface area contributed by atoms with Gasteiger partial charge in [-0.15, -0.1) is 11.3 Å². The van der Waals surface area contributed by atoms with Crippen LogP contribution < -0.4 is 4.90 Å². The maximum absolute atomic E-state index is 12.4. The van der Waals surface area contributed by atoms with Gasteiger partial charge in [-0.05, 0) is 6.42 Å². The fourth-order valence-corrected chi connectivity index (χ4v) is 3.84. The minimum atomic E-state index is 0.168. The molecule has 26 heavy (non-hydrogen) atoms. The van der Waals surface area contributed by atoms with Crippen LogP contribution in [0.5, 0.6) is 0 Å². The van der Waals surface area contributed by atoms with Crippen molar-refractivity contribution >= 4 is 22.4 Å². The Kier molecular flexibility index (Phi) is 9.40. The Balaban J connectivity index is 1.66. The Morgan fingerprint density at radius 3 is 2.23 bits per heavy atom. The average molecular weight is 373 g/mol. The van der Waals surface area contributed by atoms with Crippen molar-refractivity contribution in [2.24, 2.45) is 0 Å². The van der Waals surface area contributed by atoms with Crippen molar-refractivity contribution < 1.29 is 4.79 Å². The van der Waals surface area contributed by atoms with E-state index >= 15 is 0 Å². The smallest absolute Gasteiger partial charge is 0.228 e. The number of nitrogens with zero attached hydrogens (tertiary/aromatic N) is 2. The van der Waals surface area contributed by atoms with Gasteiger partial charge in [0.15, 0.2) is 5.13 Å². The molecule has 142 valence electrons. The van der Waals surface area contributed by atoms with Crippen LogP contribution in [-0.4, -0.2) is 17.9 Å². The highest BCUT2D eigenvalue weighted by Crippen LogP contribution is 2.27. The van der Waals surface area contributed by atoms with Crippen LogP contribution >= 0.6 is 11.3 Å². The molecule has 1 aromatic carbocycles. The summed E-state index contributed by atoms with van der Waals surface area (Å²) in [5.74, 6) is 0.168. The van der Waals surface area contributed by atoms with E-state index in [1.807, 2.05) is 42.8 Å². The summed E-state index contributed by atoms with van der Waals surface area (Å²) in [6.07, 6.45) is 12.1. The van der Waals surface area contributed by atoms with E-state index in [9.17, 15) is 4.79 Å². The van der Waals surface area contributed by atoms with Gasteiger partial charge in [0, 0.05) is 24.4 Å². The second-order valence-electron chi connectivity index (χ2n) is 6.91. The molecule has 0 fully saturated rings. The number of hydrogen-bond acceptors (Lipinski definition) is 3. The van der Waals surface area contributed by atoms with Crippen molar-refractivity contribution in [1.29, 1.82) is 0 Å². The molecule has 0 saturated heterocycles. The molecule has 0 aliphatic rings. The highest BCUT2D eigenvalue weighted by Gasteiger charge is 2.14. The number of unbranched alkanes of at least 4 members (excludes halogenated alkanes) is 8. The van der Waals surface area contributed by atoms with Crippen LogP contribution in [-0.2, 0) is 4.79 Å². The first-order valence-corrected chi connectivity index (χ1v) is 10.9. The Morgan fingerprint density at radius 1 is 0.962 bits per heavy atom. The Hall–Kier alpha value is -1.68. The van der Waals surface area contributed by atoms with Crippen LogP contribution in [0.2, 0.25) is 0 Å². The van der Waals surface area contributed by atoms with Gasteiger partial charge >= 0.3 is 0 Å². The highest BCUT2D eigenvalue weighted by atomic mass is 32.1. The SMILES string of the molecule is CCCCCCCCCCCC(=O)N(C)c1nc(-c2ccccc2)cs1. The van der Waals surface area contributed by atoms with Crippen molar-refractivity contribution in [3.63, 3.8) is 0 Å². The first-order valence-electron chi connectivity index (χ1n) is 10.00. The normalized spacial score (nSPS) is 10.8. The molecule has 1 amide bonds. The molecule has 0 saturated carbocycles. The standard InChI is InChI=1S/C22H32N2OS/c1-3-4-5-6-7-8-9-10-14-17-21(25)24(2)22-23-20(18-26-22)19-15-12-11-13-16-19/h11-13,15-16,18H,3-10,14,17H2,1-2H3. The van der Waals surface area contributed by atoms with Gasteiger partial charge in [-0.2, -0.15) is 0 Å². The summed E-state index contributed by atoms with van der Waals surface area (Å²) in [6, 6.07) is 10.1. The molecule has 0 aliphatic heterocycles. The summed E-state index contributed by atoms with van der Waals surface area (Å²) in [5, 5.41) is 2.80. The average Bonchev–Trinajstić information content (AvgIpc) is 3.17. The van der Waals surface area contributed by atoms with E-state index in [0.717, 1.165) is 29.2 Å². The third-order valence-electron chi connectivity index (χ3n) is 4.72. The maximum Gasteiger partial charge on any atom is 0.228 e. The van der Waals surface area contributed by atoms with Gasteiger partial charge in [-0.3, -0.25) is 9.69 Å². The fraction of sp³-hybridized carbons (Fsp3) is 0.545. The number of aromatic nitrogens is 1. The van der Waals surface area contributed by atoms with Crippen LogP contribution in [0.1, 0.15) is 71.1 Å². The number of rotatable bonds is 12. The molecule has 1 aromatic heterocycles. The lowest BCUT2D eigenvalue weighted by Crippen LogP contribution is -2.25. The summed E-state index contributed by atoms with van der Waals surface area (Å²) in [7, 11) is 1.84. The largest absolute Gasteiger partial charge is 0.291 e. The molecule has 0 unspecified atom stereocenters. The number of hydrogen-bond donors (Lipinski definition) is 0. The van der Waals surface area contributed by atoms with E-state index in [-0.39, 0.29) is 5.91 Å². The topological polar surface area (TPSA) is 33.2 Å². The zero-order valence-corrected chi connectivity index (χ0v) is 17.1. The van der Waals surface area contributed by atoms with Crippen LogP contribution in [0, 0.1) is 0 Å². The maximum atomic E-state index is 12.4. The molecule has 0 bridgehead atoms. The molecular weight excluding hydrogens is 340 g/mol. The molecular formula is C22H32N2OS. The third kappa shape index (κ3) is 6.91. The molecule has 4 heteroatoms. The summed E-state index contributed by atoms with van der Waals surface area (Å²) < 4.78 is 0. The molecule has 3 nitrogen and oxygen atoms in total. The molecule has 0 aliphatic carbocycles. The fourth-order valence-electron chi connectivity index (χ4n) is 3.02. The predicted molar refractivity (Wildman–Crippen MR) is 113 cm³/mol. The molecule has 0 N–H and O–H groups in total. The number of benzene rings is 1. The monoisotopic (exact) mass is 372 g/mol. The zero-order chi connectivity index (χ0) is 18.6. The van der Waals surface area contributed by atoms with Gasteiger partial charge < -0.3 is 0 Å². The summed E-state index contributed by atoms with van der Waals surface area (Å²) >= 11 is 1.53. The highest BCUT2D eigenvalue weighted by molar-refractivity contribution is 7.14. The first-order chi connectivity index (χ1) is 12.7. The van der Waals surface area contributed by atoms with E-state index in [4.69, 9.17) is 0 Å². The predicted octanol–water partition coefficient (Wildman–Crippen LogP) is 6.69. The van der Waals surface area contributed by atoms with Crippen LogP contribution in [0.4, 0.5) is 5.13 Å². The molecule has 2 aromatic rings. The lowest BCUT2D eigenvalue weighted by molar-refractivity contribution is -0.118. The Labute approximate surface area is 162 Å². The van der Waals surface area contributed by atoms with Gasteiger partial charge in [-0.25, -0.2) is 4.98 Å². The van der Waals surface area contributed by atoms with Crippen molar-refractivity contribution in [2.45, 2.75) is 71.1 Å². The zero-order valence-electron chi connectivity index (χ0n) is 16.2. The molecule has 0 radical (unpaired) electrons. The lowest BCUT2D eigenvalue weighted by atomic mass is 10.1. The summed E-state index contributed by atoms with van der Waals surface area (Å²) in [4.78, 5) is 18.7. The van der Waals surface area contributed by atoms with Gasteiger partial charge in [-0.1, -0.05) is 88.6 Å². The van der Waals surface area contributed by atoms with Gasteiger partial charge in [0.1, 0.15) is 0 Å². The number of anilines is 1. The molecule has 1 heterocycles. The van der Waals surface area contributed by atoms with E-state index in [1.165, 1.54) is 56.3 Å². The van der Waals surface area contributed by atoms with Crippen molar-refractivity contribution in [3.05, 3.63) is 35.7 Å². The van der Waals surface area contributed by atoms with Gasteiger partial charge in [0.2, 0.25) is 5.91 Å². The van der Waals surface area contributed by atoms with E-state index in [1.54, 1.807) is 4.90 Å². The van der Waals surface area contributed by atoms with Crippen molar-refractivity contribution in [3.8, 4) is 11.3 Å². The second-order valence-corrected chi connectivity index (χ2v) is 7.75. The molecule has 0 atom stereocenters. The quantitative estimate of drug-likeness (QED) is 0.389. The summed E-state index contributed by atoms with van der Waals surface area (Å²) in [6.45, 7) is 2.25. The number of thiazole rings is 1. The lowest BCUT2D eigenvalue weighted by Gasteiger charge is -2.13. The molecule has 0 spiro atoms. The van der Waals surface area contributed by atoms with Crippen molar-refractivity contribution in [2.75, 3.05) is 11.9 Å². The summed E-state index contributed by atoms with van der Waals surface area (Å²) in [5.41, 5.74) is 2.03. The van der Waals surface area contributed by atoms with Crippen LogP contribution in [0.15, 0.2) is 35.7 Å². The van der Waals surface area contributed by atoms with Crippen LogP contribution in [0.25, 0.3) is 11.3 Å². The Morgan fingerprint density at radius 2 is 1.58 bits per heavy atom. The van der Waals surface area contributed by atoms with Crippen LogP contribution in [0.3, 0.4) is 0 Å². The minimum absolute atomic E-state index is 0.168. The molecule has 2 rings (SSSR count). The number of amides is 1.